The third-order valence-electron chi connectivity index (χ3n) is 11.6. The van der Waals surface area contributed by atoms with Crippen molar-refractivity contribution in [3.63, 3.8) is 0 Å². The molecule has 3 aliphatic heterocycles. The molecule has 12 nitrogen and oxygen atoms in total. The summed E-state index contributed by atoms with van der Waals surface area (Å²) in [4.78, 5) is 43.0. The summed E-state index contributed by atoms with van der Waals surface area (Å²) in [5.74, 6) is 0.547. The molecule has 0 aliphatic carbocycles. The number of pyridine rings is 1. The van der Waals surface area contributed by atoms with Crippen molar-refractivity contribution < 1.29 is 34.0 Å². The third-order valence-corrected chi connectivity index (χ3v) is 11.6. The molecule has 0 spiro atoms. The number of fused-ring (bicyclic) bond motifs is 4. The highest BCUT2D eigenvalue weighted by atomic mass is 16.6. The number of aromatic nitrogens is 1. The van der Waals surface area contributed by atoms with E-state index in [-0.39, 0.29) is 30.6 Å². The lowest BCUT2D eigenvalue weighted by atomic mass is 9.86. The molecule has 3 saturated heterocycles. The second-order valence-electron chi connectivity index (χ2n) is 15.8. The van der Waals surface area contributed by atoms with Gasteiger partial charge in [0.2, 0.25) is 5.56 Å². The molecule has 5 N–H and O–H groups in total. The second-order valence-corrected chi connectivity index (χ2v) is 15.8. The molecule has 3 aliphatic rings. The molecular formula is C49H50N4O8. The van der Waals surface area contributed by atoms with Gasteiger partial charge in [0.25, 0.3) is 0 Å². The molecule has 1 aromatic heterocycles. The number of aromatic hydroxyl groups is 1. The summed E-state index contributed by atoms with van der Waals surface area (Å²) in [5.41, 5.74) is 5.52. The molecule has 3 fully saturated rings. The average Bonchev–Trinajstić information content (AvgIpc) is 3.29. The lowest BCUT2D eigenvalue weighted by molar-refractivity contribution is -0.0336. The number of benzene rings is 5. The number of esters is 1. The average molecular weight is 823 g/mol. The first kappa shape index (κ1) is 41.3. The SMILES string of the molecule is O=C(NC(c1ccccc1)c1cccc(OCc2cccc(C(=O)OCc3ccc(CCNC[C@H](O)c4ccc(O)c5[nH]c(=O)ccc45)cc3)c2)c1)O[C@H]1CN2CCC1CC2. The molecule has 5 aromatic carbocycles. The number of carbonyl (C=O) groups excluding carboxylic acids is 2. The summed E-state index contributed by atoms with van der Waals surface area (Å²) in [6.07, 6.45) is 1.48. The maximum Gasteiger partial charge on any atom is 0.408 e. The van der Waals surface area contributed by atoms with Crippen LogP contribution in [0.2, 0.25) is 0 Å². The van der Waals surface area contributed by atoms with E-state index in [9.17, 15) is 24.6 Å². The summed E-state index contributed by atoms with van der Waals surface area (Å²) >= 11 is 0. The topological polar surface area (TPSA) is 162 Å². The van der Waals surface area contributed by atoms with Gasteiger partial charge in [0.1, 0.15) is 30.8 Å². The van der Waals surface area contributed by atoms with Crippen LogP contribution in [-0.4, -0.2) is 71.0 Å². The van der Waals surface area contributed by atoms with Crippen molar-refractivity contribution >= 4 is 23.0 Å². The Morgan fingerprint density at radius 2 is 1.57 bits per heavy atom. The fourth-order valence-electron chi connectivity index (χ4n) is 8.24. The number of alkyl carbamates (subject to hydrolysis) is 1. The number of phenols is 1. The third kappa shape index (κ3) is 10.5. The maximum atomic E-state index is 13.3. The molecule has 0 radical (unpaired) electrons. The highest BCUT2D eigenvalue weighted by Crippen LogP contribution is 2.31. The normalized spacial score (nSPS) is 18.0. The van der Waals surface area contributed by atoms with Crippen molar-refractivity contribution in [3.05, 3.63) is 177 Å². The molecule has 4 heterocycles. The van der Waals surface area contributed by atoms with Crippen LogP contribution in [-0.2, 0) is 29.1 Å². The first-order valence-electron chi connectivity index (χ1n) is 20.8. The Labute approximate surface area is 354 Å². The van der Waals surface area contributed by atoms with Crippen molar-refractivity contribution in [1.82, 2.24) is 20.5 Å². The van der Waals surface area contributed by atoms with E-state index >= 15 is 0 Å². The minimum absolute atomic E-state index is 0.0484. The quantitative estimate of drug-likeness (QED) is 0.0511. The van der Waals surface area contributed by atoms with Crippen molar-refractivity contribution in [2.75, 3.05) is 32.7 Å². The number of phenolic OH excluding ortho intramolecular Hbond substituents is 1. The number of aliphatic hydroxyl groups is 1. The molecule has 2 bridgehead atoms. The largest absolute Gasteiger partial charge is 0.506 e. The number of carbonyl (C=O) groups is 2. The highest BCUT2D eigenvalue weighted by molar-refractivity contribution is 5.89. The van der Waals surface area contributed by atoms with Crippen LogP contribution >= 0.6 is 0 Å². The van der Waals surface area contributed by atoms with Crippen molar-refractivity contribution in [3.8, 4) is 11.5 Å². The zero-order valence-corrected chi connectivity index (χ0v) is 33.8. The summed E-state index contributed by atoms with van der Waals surface area (Å²) in [7, 11) is 0. The number of aliphatic hydroxyl groups excluding tert-OH is 1. The Hall–Kier alpha value is -6.47. The predicted octanol–water partition coefficient (Wildman–Crippen LogP) is 6.95. The Kier molecular flexibility index (Phi) is 13.0. The molecule has 314 valence electrons. The van der Waals surface area contributed by atoms with Gasteiger partial charge >= 0.3 is 12.1 Å². The van der Waals surface area contributed by atoms with E-state index in [1.165, 1.54) is 12.1 Å². The lowest BCUT2D eigenvalue weighted by Gasteiger charge is -2.43. The van der Waals surface area contributed by atoms with E-state index in [1.807, 2.05) is 84.9 Å². The molecule has 6 aromatic rings. The van der Waals surface area contributed by atoms with Gasteiger partial charge in [0, 0.05) is 24.5 Å². The zero-order valence-electron chi connectivity index (χ0n) is 33.8. The number of nitrogens with one attached hydrogen (secondary N) is 3. The monoisotopic (exact) mass is 822 g/mol. The first-order chi connectivity index (χ1) is 29.8. The van der Waals surface area contributed by atoms with Gasteiger partial charge in [-0.3, -0.25) is 9.69 Å². The van der Waals surface area contributed by atoms with Crippen LogP contribution in [0.5, 0.6) is 11.5 Å². The molecular weight excluding hydrogens is 773 g/mol. The number of piperidine rings is 3. The summed E-state index contributed by atoms with van der Waals surface area (Å²) < 4.78 is 17.8. The molecule has 0 saturated carbocycles. The lowest BCUT2D eigenvalue weighted by Crippen LogP contribution is -2.52. The van der Waals surface area contributed by atoms with Crippen LogP contribution in [0.25, 0.3) is 10.9 Å². The number of rotatable bonds is 16. The minimum Gasteiger partial charge on any atom is -0.506 e. The summed E-state index contributed by atoms with van der Waals surface area (Å²) in [6.45, 7) is 4.18. The first-order valence-corrected chi connectivity index (χ1v) is 20.8. The maximum absolute atomic E-state index is 13.3. The van der Waals surface area contributed by atoms with Crippen LogP contribution in [0.4, 0.5) is 4.79 Å². The van der Waals surface area contributed by atoms with Gasteiger partial charge in [-0.15, -0.1) is 0 Å². The van der Waals surface area contributed by atoms with Crippen molar-refractivity contribution in [2.45, 2.75) is 50.7 Å². The Morgan fingerprint density at radius 3 is 2.36 bits per heavy atom. The second kappa shape index (κ2) is 19.3. The summed E-state index contributed by atoms with van der Waals surface area (Å²) in [5, 5.41) is 27.9. The molecule has 9 rings (SSSR count). The Balaban J connectivity index is 0.804. The van der Waals surface area contributed by atoms with Crippen LogP contribution < -0.4 is 20.9 Å². The van der Waals surface area contributed by atoms with E-state index < -0.39 is 24.2 Å². The minimum atomic E-state index is -0.836. The van der Waals surface area contributed by atoms with Crippen LogP contribution in [0.3, 0.4) is 0 Å². The molecule has 1 unspecified atom stereocenters. The summed E-state index contributed by atoms with van der Waals surface area (Å²) in [6, 6.07) is 38.1. The molecule has 61 heavy (non-hydrogen) atoms. The Bertz CT molecular complexity index is 2500. The van der Waals surface area contributed by atoms with Gasteiger partial charge in [-0.25, -0.2) is 9.59 Å². The van der Waals surface area contributed by atoms with Crippen LogP contribution in [0, 0.1) is 5.92 Å². The number of H-pyrrole nitrogens is 1. The van der Waals surface area contributed by atoms with Crippen LogP contribution in [0.15, 0.2) is 132 Å². The zero-order chi connectivity index (χ0) is 42.1. The number of aromatic amines is 1. The van der Waals surface area contributed by atoms with E-state index in [4.69, 9.17) is 14.2 Å². The van der Waals surface area contributed by atoms with Gasteiger partial charge in [0.05, 0.1) is 23.2 Å². The van der Waals surface area contributed by atoms with Gasteiger partial charge in [-0.2, -0.15) is 0 Å². The van der Waals surface area contributed by atoms with E-state index in [0.29, 0.717) is 53.2 Å². The standard InChI is InChI=1S/C49H50N4O8/c54-42-18-16-40(41-17-19-45(56)51-47(41)42)43(55)28-50-23-20-32-12-14-33(15-13-32)30-60-48(57)38-10-4-6-34(26-38)31-59-39-11-5-9-37(27-39)46(36-7-2-1-3-8-36)52-49(58)61-44-29-53-24-21-35(44)22-25-53/h1-19,26-27,35,43-44,46,50,54-55H,20-25,28-31H2,(H,51,56)(H,52,58)/t43-,44-,46?/m0/s1. The van der Waals surface area contributed by atoms with E-state index in [1.54, 1.807) is 30.3 Å². The van der Waals surface area contributed by atoms with Gasteiger partial charge in [0.15, 0.2) is 0 Å². The number of hydrogen-bond donors (Lipinski definition) is 5. The van der Waals surface area contributed by atoms with E-state index in [2.05, 4.69) is 20.5 Å². The molecule has 3 atom stereocenters. The van der Waals surface area contributed by atoms with Gasteiger partial charge in [-0.1, -0.05) is 84.9 Å². The van der Waals surface area contributed by atoms with Gasteiger partial charge < -0.3 is 40.0 Å². The van der Waals surface area contributed by atoms with Gasteiger partial charge in [-0.05, 0) is 115 Å². The number of ether oxygens (including phenoxy) is 3. The van der Waals surface area contributed by atoms with Crippen LogP contribution in [0.1, 0.15) is 68.7 Å². The van der Waals surface area contributed by atoms with Crippen molar-refractivity contribution in [2.24, 2.45) is 5.92 Å². The molecule has 1 amide bonds. The predicted molar refractivity (Wildman–Crippen MR) is 231 cm³/mol. The fraction of sp³-hybridized carbons (Fsp3) is 0.286. The fourth-order valence-corrected chi connectivity index (χ4v) is 8.24. The smallest absolute Gasteiger partial charge is 0.408 e. The Morgan fingerprint density at radius 1 is 0.803 bits per heavy atom. The van der Waals surface area contributed by atoms with E-state index in [0.717, 1.165) is 60.3 Å². The van der Waals surface area contributed by atoms with Crippen molar-refractivity contribution in [1.29, 1.82) is 0 Å². The highest BCUT2D eigenvalue weighted by Gasteiger charge is 2.37. The number of hydrogen-bond acceptors (Lipinski definition) is 10. The molecule has 12 heteroatoms. The number of amides is 1. The number of nitrogens with zero attached hydrogens (tertiary/aromatic N) is 1.